The molecule has 1 aromatic rings. The monoisotopic (exact) mass is 342 g/mol. The molecule has 0 amide bonds. The number of likely N-dealkylation sites (N-methyl/N-ethyl adjacent to an activating group) is 1. The van der Waals surface area contributed by atoms with E-state index in [1.54, 1.807) is 6.92 Å². The van der Waals surface area contributed by atoms with E-state index in [1.165, 1.54) is 0 Å². The molecule has 0 aromatic heterocycles. The Kier molecular flexibility index (Phi) is 6.02. The van der Waals surface area contributed by atoms with Crippen molar-refractivity contribution in [3.63, 3.8) is 0 Å². The molecule has 6 heteroatoms. The third kappa shape index (κ3) is 4.53. The SMILES string of the molecule is Cc1c(C)c(C)c(S(=O)(=O)NC[C@](C)(O)CN(C)C)c(C)c1C. The van der Waals surface area contributed by atoms with Crippen LogP contribution < -0.4 is 4.72 Å². The summed E-state index contributed by atoms with van der Waals surface area (Å²) in [4.78, 5) is 2.16. The van der Waals surface area contributed by atoms with E-state index in [2.05, 4.69) is 4.72 Å². The van der Waals surface area contributed by atoms with Gasteiger partial charge in [-0.25, -0.2) is 13.1 Å². The maximum absolute atomic E-state index is 12.8. The number of rotatable bonds is 6. The molecule has 132 valence electrons. The molecule has 0 saturated carbocycles. The molecule has 0 aliphatic rings. The van der Waals surface area contributed by atoms with Crippen LogP contribution in [0.25, 0.3) is 0 Å². The summed E-state index contributed by atoms with van der Waals surface area (Å²) >= 11 is 0. The van der Waals surface area contributed by atoms with Crippen LogP contribution in [0.2, 0.25) is 0 Å². The summed E-state index contributed by atoms with van der Waals surface area (Å²) in [6.45, 7) is 11.5. The predicted octanol–water partition coefficient (Wildman–Crippen LogP) is 1.82. The largest absolute Gasteiger partial charge is 0.387 e. The Hall–Kier alpha value is -0.950. The third-order valence-corrected chi connectivity index (χ3v) is 6.17. The van der Waals surface area contributed by atoms with Crippen molar-refractivity contribution in [1.82, 2.24) is 9.62 Å². The topological polar surface area (TPSA) is 69.6 Å². The highest BCUT2D eigenvalue weighted by Gasteiger charge is 2.28. The van der Waals surface area contributed by atoms with Gasteiger partial charge in [0.2, 0.25) is 10.0 Å². The number of nitrogens with zero attached hydrogens (tertiary/aromatic N) is 1. The summed E-state index contributed by atoms with van der Waals surface area (Å²) in [5.74, 6) is 0. The van der Waals surface area contributed by atoms with E-state index in [0.29, 0.717) is 11.4 Å². The van der Waals surface area contributed by atoms with E-state index in [9.17, 15) is 13.5 Å². The van der Waals surface area contributed by atoms with Crippen molar-refractivity contribution in [1.29, 1.82) is 0 Å². The zero-order valence-corrected chi connectivity index (χ0v) is 16.3. The normalized spacial score (nSPS) is 15.0. The highest BCUT2D eigenvalue weighted by atomic mass is 32.2. The maximum atomic E-state index is 12.8. The van der Waals surface area contributed by atoms with Crippen molar-refractivity contribution >= 4 is 10.0 Å². The summed E-state index contributed by atoms with van der Waals surface area (Å²) < 4.78 is 28.1. The minimum Gasteiger partial charge on any atom is -0.387 e. The number of hydrogen-bond donors (Lipinski definition) is 2. The second kappa shape index (κ2) is 6.89. The molecule has 0 heterocycles. The first-order valence-electron chi connectivity index (χ1n) is 7.74. The van der Waals surface area contributed by atoms with E-state index in [-0.39, 0.29) is 6.54 Å². The summed E-state index contributed by atoms with van der Waals surface area (Å²) in [6.07, 6.45) is 0. The molecule has 1 rings (SSSR count). The summed E-state index contributed by atoms with van der Waals surface area (Å²) in [5.41, 5.74) is 3.52. The molecule has 0 aliphatic carbocycles. The average molecular weight is 343 g/mol. The van der Waals surface area contributed by atoms with Crippen LogP contribution in [0.1, 0.15) is 34.7 Å². The van der Waals surface area contributed by atoms with Crippen LogP contribution >= 0.6 is 0 Å². The van der Waals surface area contributed by atoms with Gasteiger partial charge in [-0.05, 0) is 83.5 Å². The highest BCUT2D eigenvalue weighted by Crippen LogP contribution is 2.29. The Bertz CT molecular complexity index is 663. The molecular weight excluding hydrogens is 312 g/mol. The van der Waals surface area contributed by atoms with Gasteiger partial charge in [0.25, 0.3) is 0 Å². The van der Waals surface area contributed by atoms with Crippen molar-refractivity contribution < 1.29 is 13.5 Å². The lowest BCUT2D eigenvalue weighted by atomic mass is 9.95. The Labute approximate surface area is 140 Å². The van der Waals surface area contributed by atoms with Crippen LogP contribution in [0.3, 0.4) is 0 Å². The van der Waals surface area contributed by atoms with Crippen LogP contribution in [0, 0.1) is 34.6 Å². The van der Waals surface area contributed by atoms with Crippen molar-refractivity contribution in [3.8, 4) is 0 Å². The van der Waals surface area contributed by atoms with Gasteiger partial charge >= 0.3 is 0 Å². The van der Waals surface area contributed by atoms with Gasteiger partial charge in [0, 0.05) is 13.1 Å². The highest BCUT2D eigenvalue weighted by molar-refractivity contribution is 7.89. The number of hydrogen-bond acceptors (Lipinski definition) is 4. The molecule has 0 aliphatic heterocycles. The number of sulfonamides is 1. The lowest BCUT2D eigenvalue weighted by Gasteiger charge is -2.27. The lowest BCUT2D eigenvalue weighted by Crippen LogP contribution is -2.47. The third-order valence-electron chi connectivity index (χ3n) is 4.50. The van der Waals surface area contributed by atoms with Gasteiger partial charge in [-0.1, -0.05) is 0 Å². The number of nitrogens with one attached hydrogen (secondary N) is 1. The van der Waals surface area contributed by atoms with Crippen LogP contribution in [0.4, 0.5) is 0 Å². The van der Waals surface area contributed by atoms with E-state index in [4.69, 9.17) is 0 Å². The van der Waals surface area contributed by atoms with Gasteiger partial charge in [0.05, 0.1) is 10.5 Å². The lowest BCUT2D eigenvalue weighted by molar-refractivity contribution is 0.0386. The maximum Gasteiger partial charge on any atom is 0.241 e. The number of aliphatic hydroxyl groups is 1. The van der Waals surface area contributed by atoms with Gasteiger partial charge in [0.15, 0.2) is 0 Å². The Morgan fingerprint density at radius 3 is 1.74 bits per heavy atom. The molecule has 0 unspecified atom stereocenters. The standard InChI is InChI=1S/C17H30N2O3S/c1-11-12(2)14(4)16(15(5)13(11)3)23(21,22)18-9-17(6,20)10-19(7)8/h18,20H,9-10H2,1-8H3/t17-/m0/s1. The summed E-state index contributed by atoms with van der Waals surface area (Å²) in [7, 11) is -0.00636. The van der Waals surface area contributed by atoms with Crippen molar-refractivity contribution in [3.05, 3.63) is 27.8 Å². The summed E-state index contributed by atoms with van der Waals surface area (Å²) in [5, 5.41) is 10.3. The second-order valence-electron chi connectivity index (χ2n) is 7.01. The predicted molar refractivity (Wildman–Crippen MR) is 94.5 cm³/mol. The molecule has 2 N–H and O–H groups in total. The Morgan fingerprint density at radius 1 is 0.957 bits per heavy atom. The molecule has 23 heavy (non-hydrogen) atoms. The molecule has 0 saturated heterocycles. The molecule has 0 spiro atoms. The molecular formula is C17H30N2O3S. The fourth-order valence-electron chi connectivity index (χ4n) is 2.93. The van der Waals surface area contributed by atoms with Crippen molar-refractivity contribution in [2.75, 3.05) is 27.2 Å². The van der Waals surface area contributed by atoms with E-state index >= 15 is 0 Å². The first kappa shape index (κ1) is 20.1. The summed E-state index contributed by atoms with van der Waals surface area (Å²) in [6, 6.07) is 0. The van der Waals surface area contributed by atoms with Gasteiger partial charge < -0.3 is 10.0 Å². The minimum absolute atomic E-state index is 0.0294. The minimum atomic E-state index is -3.68. The van der Waals surface area contributed by atoms with Crippen molar-refractivity contribution in [2.45, 2.75) is 52.0 Å². The molecule has 0 bridgehead atoms. The van der Waals surface area contributed by atoms with E-state index in [1.807, 2.05) is 53.6 Å². The molecule has 0 radical (unpaired) electrons. The van der Waals surface area contributed by atoms with E-state index in [0.717, 1.165) is 27.8 Å². The van der Waals surface area contributed by atoms with Gasteiger partial charge in [0.1, 0.15) is 0 Å². The molecule has 1 aromatic carbocycles. The Balaban J connectivity index is 3.21. The van der Waals surface area contributed by atoms with E-state index < -0.39 is 15.6 Å². The van der Waals surface area contributed by atoms with Crippen LogP contribution in [-0.2, 0) is 10.0 Å². The number of benzene rings is 1. The van der Waals surface area contributed by atoms with Crippen LogP contribution in [-0.4, -0.2) is 51.2 Å². The quantitative estimate of drug-likeness (QED) is 0.827. The Morgan fingerprint density at radius 2 is 1.35 bits per heavy atom. The molecule has 5 nitrogen and oxygen atoms in total. The average Bonchev–Trinajstić information content (AvgIpc) is 2.40. The second-order valence-corrected chi connectivity index (χ2v) is 8.72. The molecule has 0 fully saturated rings. The van der Waals surface area contributed by atoms with Gasteiger partial charge in [-0.3, -0.25) is 0 Å². The van der Waals surface area contributed by atoms with Crippen LogP contribution in [0.5, 0.6) is 0 Å². The first-order chi connectivity index (χ1) is 10.3. The zero-order chi connectivity index (χ0) is 18.2. The van der Waals surface area contributed by atoms with Gasteiger partial charge in [-0.15, -0.1) is 0 Å². The fourth-order valence-corrected chi connectivity index (χ4v) is 4.69. The zero-order valence-electron chi connectivity index (χ0n) is 15.5. The van der Waals surface area contributed by atoms with Crippen LogP contribution in [0.15, 0.2) is 4.90 Å². The fraction of sp³-hybridized carbons (Fsp3) is 0.647. The first-order valence-corrected chi connectivity index (χ1v) is 9.22. The molecule has 1 atom stereocenters. The smallest absolute Gasteiger partial charge is 0.241 e. The van der Waals surface area contributed by atoms with Gasteiger partial charge in [-0.2, -0.15) is 0 Å². The van der Waals surface area contributed by atoms with Crippen molar-refractivity contribution in [2.24, 2.45) is 0 Å².